The van der Waals surface area contributed by atoms with Crippen LogP contribution in [0.2, 0.25) is 0 Å². The van der Waals surface area contributed by atoms with Gasteiger partial charge in [-0.15, -0.1) is 0 Å². The standard InChI is InChI=1S/6CB2NO4.9Fe/c6*4-1-2(5)8-3(6)7;;;;;;;;;/q6*-3;9*+2. The number of nitriles is 6. The molecule has 0 saturated carbocycles. The first kappa shape index (κ1) is 102. The van der Waals surface area contributed by atoms with Crippen molar-refractivity contribution in [1.29, 1.82) is 31.6 Å². The molecular weight excluding hydrogens is 1170 g/mol. The maximum absolute atomic E-state index is 9.72. The van der Waals surface area contributed by atoms with Gasteiger partial charge in [0.2, 0.25) is 0 Å². The molecule has 0 N–H and O–H groups in total. The van der Waals surface area contributed by atoms with Crippen molar-refractivity contribution in [1.82, 2.24) is 0 Å². The van der Waals surface area contributed by atoms with Crippen LogP contribution in [0.4, 0.5) is 0 Å². The first-order valence-corrected chi connectivity index (χ1v) is 10.1. The van der Waals surface area contributed by atoms with Gasteiger partial charge in [-0.2, -0.15) is 0 Å². The zero-order valence-electron chi connectivity index (χ0n) is 25.6. The van der Waals surface area contributed by atoms with Gasteiger partial charge in [0.25, 0.3) is 42.7 Å². The van der Waals surface area contributed by atoms with Crippen LogP contribution >= 0.6 is 0 Å². The molecule has 0 rings (SSSR count). The van der Waals surface area contributed by atoms with Gasteiger partial charge in [0, 0.05) is 79.7 Å². The van der Waals surface area contributed by atoms with Gasteiger partial charge in [0.1, 0.15) is 0 Å². The monoisotopic (exact) mass is 1180 g/mol. The van der Waals surface area contributed by atoms with E-state index in [2.05, 4.69) is 27.4 Å². The maximum atomic E-state index is 9.72. The summed E-state index contributed by atoms with van der Waals surface area (Å²) in [6.07, 6.45) is 0. The van der Waals surface area contributed by atoms with E-state index in [1.807, 2.05) is 0 Å². The molecule has 0 heterocycles. The van der Waals surface area contributed by atoms with E-state index in [-0.39, 0.29) is 154 Å². The topological polar surface area (TPSA) is 613 Å². The summed E-state index contributed by atoms with van der Waals surface area (Å²) >= 11 is 0. The Balaban J connectivity index is -0.0000000277. The van der Waals surface area contributed by atoms with Crippen molar-refractivity contribution >= 4 is 86.6 Å². The van der Waals surface area contributed by atoms with E-state index in [0.29, 0.717) is 0 Å². The summed E-state index contributed by atoms with van der Waals surface area (Å²) in [7, 11) is -28.8. The Hall–Kier alpha value is 1.43. The molecule has 0 bridgehead atoms. The summed E-state index contributed by atoms with van der Waals surface area (Å²) in [5, 5.41) is 216. The summed E-state index contributed by atoms with van der Waals surface area (Å²) in [5.74, 6) is 6.11. The van der Waals surface area contributed by atoms with E-state index in [1.54, 1.807) is 0 Å². The van der Waals surface area contributed by atoms with Crippen molar-refractivity contribution in [2.45, 2.75) is 0 Å². The molecule has 51 heteroatoms. The van der Waals surface area contributed by atoms with Crippen LogP contribution in [0, 0.1) is 67.4 Å². The fourth-order valence-corrected chi connectivity index (χ4v) is 0.788. The molecule has 30 nitrogen and oxygen atoms in total. The SMILES string of the molecule is N#CB([O-])OB([O-])[O-].N#CB([O-])OB([O-])[O-].N#CB([O-])OB([O-])[O-].N#CB([O-])OB([O-])[O-].N#CB([O-])OB([O-])[O-].N#CB([O-])OB([O-])[O-].[Fe+2].[Fe+2].[Fe+2].[Fe+2].[Fe+2].[Fe+2].[Fe+2].[Fe+2].[Fe+2]. The van der Waals surface area contributed by atoms with Gasteiger partial charge in [0.05, 0.1) is 0 Å². The van der Waals surface area contributed by atoms with E-state index in [0.717, 1.165) is 35.8 Å². The largest absolute Gasteiger partial charge is 2.00 e. The summed E-state index contributed by atoms with van der Waals surface area (Å²) in [6, 6.07) is 0. The Morgan fingerprint density at radius 1 is 0.211 bits per heavy atom. The van der Waals surface area contributed by atoms with Gasteiger partial charge in [-0.05, 0) is 0 Å². The van der Waals surface area contributed by atoms with E-state index in [4.69, 9.17) is 31.6 Å². The number of rotatable bonds is 12. The molecule has 0 amide bonds. The third kappa shape index (κ3) is 126. The van der Waals surface area contributed by atoms with Crippen LogP contribution in [0.3, 0.4) is 0 Å². The molecule has 0 saturated heterocycles. The number of hydrogen-bond donors (Lipinski definition) is 0. The van der Waals surface area contributed by atoms with Crippen LogP contribution in [0.15, 0.2) is 0 Å². The molecule has 306 valence electrons. The third-order valence-electron chi connectivity index (χ3n) is 2.04. The quantitative estimate of drug-likeness (QED) is 0.164. The van der Waals surface area contributed by atoms with Crippen LogP contribution in [-0.2, 0) is 181 Å². The molecule has 0 aliphatic carbocycles. The van der Waals surface area contributed by atoms with Gasteiger partial charge in [0.15, 0.2) is 0 Å². The van der Waals surface area contributed by atoms with Crippen molar-refractivity contribution in [3.05, 3.63) is 0 Å². The van der Waals surface area contributed by atoms with Crippen LogP contribution in [0.1, 0.15) is 0 Å². The Morgan fingerprint density at radius 2 is 0.281 bits per heavy atom. The van der Waals surface area contributed by atoms with Crippen LogP contribution in [0.25, 0.3) is 0 Å². The third-order valence-corrected chi connectivity index (χ3v) is 2.04. The minimum absolute atomic E-state index is 0. The van der Waals surface area contributed by atoms with Crippen molar-refractivity contribution in [3.8, 4) is 35.8 Å². The summed E-state index contributed by atoms with van der Waals surface area (Å²) < 4.78 is 20.2. The smallest absolute Gasteiger partial charge is 0.872 e. The van der Waals surface area contributed by atoms with Gasteiger partial charge in [-0.25, -0.2) is 31.6 Å². The van der Waals surface area contributed by atoms with Gasteiger partial charge in [-0.1, -0.05) is 0 Å². The second-order valence-corrected chi connectivity index (χ2v) is 5.31. The minimum atomic E-state index is -2.66. The van der Waals surface area contributed by atoms with E-state index in [1.165, 1.54) is 0 Å². The van der Waals surface area contributed by atoms with Gasteiger partial charge >= 0.3 is 154 Å². The summed E-state index contributed by atoms with van der Waals surface area (Å²) in [4.78, 5) is 0. The van der Waals surface area contributed by atoms with Crippen LogP contribution < -0.4 is 90.4 Å². The molecule has 0 aliphatic rings. The van der Waals surface area contributed by atoms with E-state index in [9.17, 15) is 90.4 Å². The van der Waals surface area contributed by atoms with Gasteiger partial charge in [-0.3, -0.25) is 0 Å². The molecule has 0 aromatic carbocycles. The van der Waals surface area contributed by atoms with Crippen LogP contribution in [0.5, 0.6) is 0 Å². The molecule has 0 spiro atoms. The normalized spacial score (nSPS) is 6.53. The maximum Gasteiger partial charge on any atom is 2.00 e. The fraction of sp³-hybridized carbons (Fsp3) is 0. The molecular formula is C6B12Fe9N6O24. The zero-order valence-corrected chi connectivity index (χ0v) is 35.5. The second-order valence-electron chi connectivity index (χ2n) is 5.31. The van der Waals surface area contributed by atoms with Gasteiger partial charge < -0.3 is 118 Å². The van der Waals surface area contributed by atoms with E-state index < -0.39 is 86.6 Å². The molecule has 0 atom stereocenters. The molecule has 0 fully saturated rings. The molecule has 0 unspecified atom stereocenters. The Kier molecular flexibility index (Phi) is 134. The summed E-state index contributed by atoms with van der Waals surface area (Å²) in [5.41, 5.74) is 0. The molecule has 0 radical (unpaired) electrons. The first-order chi connectivity index (χ1) is 22.0. The predicted octanol–water partition coefficient (Wildman–Crippen LogP) is -26.3. The van der Waals surface area contributed by atoms with E-state index >= 15 is 0 Å². The second kappa shape index (κ2) is 74.9. The Bertz CT molecular complexity index is 830. The van der Waals surface area contributed by atoms with Crippen molar-refractivity contribution in [2.75, 3.05) is 0 Å². The Morgan fingerprint density at radius 3 is 0.298 bits per heavy atom. The zero-order chi connectivity index (χ0) is 39.4. The predicted molar refractivity (Wildman–Crippen MR) is 109 cm³/mol. The Labute approximate surface area is 421 Å². The molecule has 0 aromatic rings. The first-order valence-electron chi connectivity index (χ1n) is 10.1. The molecule has 0 aromatic heterocycles. The van der Waals surface area contributed by atoms with Crippen LogP contribution in [-0.4, -0.2) is 86.6 Å². The number of hydrogen-bond acceptors (Lipinski definition) is 30. The molecule has 57 heavy (non-hydrogen) atoms. The average Bonchev–Trinajstić information content (AvgIpc) is 2.96. The van der Waals surface area contributed by atoms with Crippen molar-refractivity contribution in [3.63, 3.8) is 0 Å². The van der Waals surface area contributed by atoms with Crippen molar-refractivity contribution < 1.29 is 271 Å². The summed E-state index contributed by atoms with van der Waals surface area (Å²) in [6.45, 7) is 0. The number of nitrogens with zero attached hydrogens (tertiary/aromatic N) is 6. The molecule has 0 aliphatic heterocycles. The van der Waals surface area contributed by atoms with Crippen molar-refractivity contribution in [2.24, 2.45) is 0 Å². The average molecular weight is 1170 g/mol. The fourth-order valence-electron chi connectivity index (χ4n) is 0.788. The minimum Gasteiger partial charge on any atom is -0.872 e.